The highest BCUT2D eigenvalue weighted by Gasteiger charge is 2.54. The van der Waals surface area contributed by atoms with Crippen LogP contribution in [0.1, 0.15) is 48.6 Å². The van der Waals surface area contributed by atoms with Gasteiger partial charge in [-0.25, -0.2) is 23.8 Å². The SMILES string of the molecule is [C-]#[N+]C1(NS(=O)(=O)c2cc(C3CCNCC3)c3c(c2)c(-c2nnc(C(F)F)s2)nn3C)CC1. The fraction of sp³-hybridized carbons (Fsp3) is 0.500. The van der Waals surface area contributed by atoms with Gasteiger partial charge in [-0.15, -0.1) is 14.9 Å². The molecule has 1 aliphatic carbocycles. The molecule has 2 N–H and O–H groups in total. The highest BCUT2D eigenvalue weighted by atomic mass is 32.2. The van der Waals surface area contributed by atoms with E-state index in [9.17, 15) is 17.2 Å². The molecule has 3 heterocycles. The van der Waals surface area contributed by atoms with Crippen molar-refractivity contribution in [1.29, 1.82) is 0 Å². The number of rotatable bonds is 6. The van der Waals surface area contributed by atoms with Crippen molar-refractivity contribution < 1.29 is 17.2 Å². The predicted octanol–water partition coefficient (Wildman–Crippen LogP) is 3.18. The summed E-state index contributed by atoms with van der Waals surface area (Å²) in [5.41, 5.74) is 0.819. The first kappa shape index (κ1) is 22.3. The number of hydrogen-bond donors (Lipinski definition) is 2. The van der Waals surface area contributed by atoms with Crippen LogP contribution in [0, 0.1) is 6.57 Å². The number of benzene rings is 1. The number of nitrogens with one attached hydrogen (secondary N) is 2. The Morgan fingerprint density at radius 2 is 2.03 bits per heavy atom. The largest absolute Gasteiger partial charge is 0.317 e. The van der Waals surface area contributed by atoms with Gasteiger partial charge in [0.25, 0.3) is 12.1 Å². The minimum Gasteiger partial charge on any atom is -0.317 e. The molecule has 1 aliphatic heterocycles. The maximum atomic E-state index is 13.3. The molecule has 2 aromatic heterocycles. The molecule has 0 bridgehead atoms. The topological polar surface area (TPSA) is 106 Å². The van der Waals surface area contributed by atoms with Gasteiger partial charge in [-0.1, -0.05) is 11.3 Å². The molecule has 0 amide bonds. The molecular weight excluding hydrogens is 472 g/mol. The van der Waals surface area contributed by atoms with Gasteiger partial charge in [-0.3, -0.25) is 9.53 Å². The van der Waals surface area contributed by atoms with E-state index in [1.165, 1.54) is 6.07 Å². The van der Waals surface area contributed by atoms with Crippen molar-refractivity contribution in [3.05, 3.63) is 34.1 Å². The first-order valence-corrected chi connectivity index (χ1v) is 12.8. The summed E-state index contributed by atoms with van der Waals surface area (Å²) in [6.45, 7) is 8.95. The molecule has 0 radical (unpaired) electrons. The Bertz CT molecular complexity index is 1370. The maximum absolute atomic E-state index is 13.3. The van der Waals surface area contributed by atoms with E-state index in [4.69, 9.17) is 6.57 Å². The number of halogens is 2. The van der Waals surface area contributed by atoms with E-state index < -0.39 is 27.1 Å². The molecule has 13 heteroatoms. The molecule has 1 saturated carbocycles. The van der Waals surface area contributed by atoms with Crippen LogP contribution in [0.3, 0.4) is 0 Å². The number of fused-ring (bicyclic) bond motifs is 1. The van der Waals surface area contributed by atoms with Crippen LogP contribution < -0.4 is 10.0 Å². The molecule has 0 atom stereocenters. The summed E-state index contributed by atoms with van der Waals surface area (Å²) in [7, 11) is -2.24. The second kappa shape index (κ2) is 8.05. The summed E-state index contributed by atoms with van der Waals surface area (Å²) >= 11 is 0.738. The van der Waals surface area contributed by atoms with Crippen molar-refractivity contribution in [3.63, 3.8) is 0 Å². The van der Waals surface area contributed by atoms with Crippen LogP contribution in [0.15, 0.2) is 17.0 Å². The molecule has 3 aromatic rings. The Labute approximate surface area is 193 Å². The molecule has 1 aromatic carbocycles. The molecule has 2 aliphatic rings. The molecule has 1 saturated heterocycles. The normalized spacial score (nSPS) is 18.6. The van der Waals surface area contributed by atoms with Crippen molar-refractivity contribution in [1.82, 2.24) is 30.0 Å². The predicted molar refractivity (Wildman–Crippen MR) is 118 cm³/mol. The maximum Gasteiger partial charge on any atom is 0.299 e. The van der Waals surface area contributed by atoms with Crippen LogP contribution in [0.25, 0.3) is 26.4 Å². The van der Waals surface area contributed by atoms with Gasteiger partial charge in [0.15, 0.2) is 10.0 Å². The van der Waals surface area contributed by atoms with E-state index in [-0.39, 0.29) is 15.8 Å². The van der Waals surface area contributed by atoms with Crippen molar-refractivity contribution in [2.45, 2.75) is 48.6 Å². The summed E-state index contributed by atoms with van der Waals surface area (Å²) in [5, 5.41) is 15.6. The van der Waals surface area contributed by atoms with Crippen molar-refractivity contribution >= 4 is 32.3 Å². The summed E-state index contributed by atoms with van der Waals surface area (Å²) < 4.78 is 56.9. The third-order valence-electron chi connectivity index (χ3n) is 6.12. The van der Waals surface area contributed by atoms with E-state index in [1.807, 2.05) is 0 Å². The van der Waals surface area contributed by atoms with Gasteiger partial charge in [-0.2, -0.15) is 5.10 Å². The summed E-state index contributed by atoms with van der Waals surface area (Å²) in [6, 6.07) is 3.16. The summed E-state index contributed by atoms with van der Waals surface area (Å²) in [5.74, 6) is 0.106. The average Bonchev–Trinajstić information content (AvgIpc) is 3.23. The van der Waals surface area contributed by atoms with Crippen LogP contribution in [0.2, 0.25) is 0 Å². The molecule has 2 fully saturated rings. The Kier molecular flexibility index (Phi) is 5.43. The number of aryl methyl sites for hydroxylation is 1. The quantitative estimate of drug-likeness (QED) is 0.511. The highest BCUT2D eigenvalue weighted by molar-refractivity contribution is 7.89. The molecule has 0 spiro atoms. The fourth-order valence-corrected chi connectivity index (χ4v) is 6.39. The zero-order valence-electron chi connectivity index (χ0n) is 17.7. The zero-order valence-corrected chi connectivity index (χ0v) is 19.3. The van der Waals surface area contributed by atoms with Crippen molar-refractivity contribution in [2.24, 2.45) is 7.05 Å². The lowest BCUT2D eigenvalue weighted by Crippen LogP contribution is -2.34. The van der Waals surface area contributed by atoms with E-state index in [1.54, 1.807) is 17.8 Å². The van der Waals surface area contributed by atoms with E-state index in [0.717, 1.165) is 48.3 Å². The smallest absolute Gasteiger partial charge is 0.299 e. The number of piperidine rings is 1. The summed E-state index contributed by atoms with van der Waals surface area (Å²) in [6.07, 6.45) is -0.156. The standard InChI is InChI=1S/C20H21F2N7O2S2/c1-23-20(5-6-20)28-33(30,31)12-9-13(11-3-7-24-8-4-11)16-14(10-12)15(27-29(16)2)18-25-26-19(32-18)17(21)22/h9-11,17,24,28H,3-8H2,2H3. The van der Waals surface area contributed by atoms with E-state index in [0.29, 0.717) is 23.9 Å². The van der Waals surface area contributed by atoms with Crippen LogP contribution >= 0.6 is 11.3 Å². The number of hydrogen-bond acceptors (Lipinski definition) is 7. The third-order valence-corrected chi connectivity index (χ3v) is 8.57. The first-order chi connectivity index (χ1) is 15.7. The molecule has 0 unspecified atom stereocenters. The lowest BCUT2D eigenvalue weighted by atomic mass is 9.88. The number of nitrogens with zero attached hydrogens (tertiary/aromatic N) is 5. The van der Waals surface area contributed by atoms with Crippen LogP contribution in [0.4, 0.5) is 8.78 Å². The first-order valence-electron chi connectivity index (χ1n) is 10.5. The Balaban J connectivity index is 1.70. The van der Waals surface area contributed by atoms with Gasteiger partial charge >= 0.3 is 0 Å². The highest BCUT2D eigenvalue weighted by Crippen LogP contribution is 2.41. The summed E-state index contributed by atoms with van der Waals surface area (Å²) in [4.78, 5) is 3.49. The molecule has 9 nitrogen and oxygen atoms in total. The third kappa shape index (κ3) is 4.01. The number of aromatic nitrogens is 4. The van der Waals surface area contributed by atoms with Crippen LogP contribution in [-0.4, -0.2) is 47.1 Å². The van der Waals surface area contributed by atoms with Crippen LogP contribution in [0.5, 0.6) is 0 Å². The van der Waals surface area contributed by atoms with Gasteiger partial charge < -0.3 is 5.32 Å². The van der Waals surface area contributed by atoms with Crippen LogP contribution in [-0.2, 0) is 17.1 Å². The van der Waals surface area contributed by atoms with Gasteiger partial charge in [0.1, 0.15) is 5.69 Å². The molecule has 174 valence electrons. The molecular formula is C20H21F2N7O2S2. The number of alkyl halides is 2. The van der Waals surface area contributed by atoms with Gasteiger partial charge in [0.05, 0.1) is 23.3 Å². The second-order valence-corrected chi connectivity index (χ2v) is 11.1. The Hall–Kier alpha value is -2.53. The second-order valence-electron chi connectivity index (χ2n) is 8.40. The van der Waals surface area contributed by atoms with Gasteiger partial charge in [-0.05, 0) is 49.5 Å². The molecule has 5 rings (SSSR count). The fourth-order valence-electron chi connectivity index (χ4n) is 4.26. The number of sulfonamides is 1. The van der Waals surface area contributed by atoms with Crippen molar-refractivity contribution in [3.8, 4) is 10.7 Å². The lowest BCUT2D eigenvalue weighted by molar-refractivity contribution is 0.150. The minimum absolute atomic E-state index is 0.0336. The zero-order chi connectivity index (χ0) is 23.4. The van der Waals surface area contributed by atoms with Crippen molar-refractivity contribution in [2.75, 3.05) is 13.1 Å². The average molecular weight is 494 g/mol. The monoisotopic (exact) mass is 493 g/mol. The van der Waals surface area contributed by atoms with Gasteiger partial charge in [0, 0.05) is 12.4 Å². The lowest BCUT2D eigenvalue weighted by Gasteiger charge is -2.24. The van der Waals surface area contributed by atoms with E-state index in [2.05, 4.69) is 30.2 Å². The Morgan fingerprint density at radius 1 is 1.30 bits per heavy atom. The van der Waals surface area contributed by atoms with E-state index >= 15 is 0 Å². The van der Waals surface area contributed by atoms with Gasteiger partial charge in [0.2, 0.25) is 10.0 Å². The Morgan fingerprint density at radius 3 is 2.64 bits per heavy atom. The minimum atomic E-state index is -3.99. The molecule has 33 heavy (non-hydrogen) atoms.